The van der Waals surface area contributed by atoms with Crippen LogP contribution in [-0.2, 0) is 14.8 Å². The van der Waals surface area contributed by atoms with E-state index in [4.69, 9.17) is 4.74 Å². The number of hydrogen-bond donors (Lipinski definition) is 1. The lowest BCUT2D eigenvalue weighted by Gasteiger charge is -2.28. The average molecular weight is 356 g/mol. The van der Waals surface area contributed by atoms with Crippen molar-refractivity contribution in [3.8, 4) is 0 Å². The Kier molecular flexibility index (Phi) is 8.40. The Hall–Kier alpha value is -0.910. The summed E-state index contributed by atoms with van der Waals surface area (Å²) < 4.78 is 33.6. The second-order valence-corrected chi connectivity index (χ2v) is 9.13. The molecule has 0 unspecified atom stereocenters. The van der Waals surface area contributed by atoms with Crippen molar-refractivity contribution in [1.82, 2.24) is 4.72 Å². The first kappa shape index (κ1) is 21.1. The summed E-state index contributed by atoms with van der Waals surface area (Å²) in [5.41, 5.74) is 0.754. The Morgan fingerprint density at radius 2 is 1.71 bits per heavy atom. The lowest BCUT2D eigenvalue weighted by atomic mass is 10.1. The second kappa shape index (κ2) is 9.54. The fourth-order valence-corrected chi connectivity index (χ4v) is 3.57. The zero-order chi connectivity index (χ0) is 18.2. The highest BCUT2D eigenvalue weighted by Gasteiger charge is 2.21. The van der Waals surface area contributed by atoms with E-state index in [2.05, 4.69) is 11.6 Å². The molecule has 0 heterocycles. The summed E-state index contributed by atoms with van der Waals surface area (Å²) in [6.45, 7) is 10.4. The molecule has 0 saturated carbocycles. The van der Waals surface area contributed by atoms with Crippen LogP contribution in [0.15, 0.2) is 29.2 Å². The maximum Gasteiger partial charge on any atom is 0.240 e. The zero-order valence-electron chi connectivity index (χ0n) is 15.8. The van der Waals surface area contributed by atoms with Gasteiger partial charge in [-0.25, -0.2) is 13.1 Å². The normalized spacial score (nSPS) is 13.9. The quantitative estimate of drug-likeness (QED) is 0.632. The molecule has 1 rings (SSSR count). The van der Waals surface area contributed by atoms with E-state index in [1.807, 2.05) is 39.8 Å². The Bertz CT molecular complexity index is 574. The molecular weight excluding hydrogens is 322 g/mol. The van der Waals surface area contributed by atoms with Gasteiger partial charge in [-0.2, -0.15) is 0 Å². The molecule has 0 aromatic heterocycles. The van der Waals surface area contributed by atoms with Crippen LogP contribution >= 0.6 is 0 Å². The van der Waals surface area contributed by atoms with Crippen LogP contribution in [0.25, 0.3) is 0 Å². The fourth-order valence-electron chi connectivity index (χ4n) is 2.50. The standard InChI is InChI=1S/C19H33NO3S/c1-6-7-8-9-10-17(23-19(3,4)5)15-20-24(21,22)18-13-11-16(2)12-14-18/h11-14,17,20H,6-10,15H2,1-5H3/t17-/m0/s1. The molecule has 1 aromatic carbocycles. The number of unbranched alkanes of at least 4 members (excludes halogenated alkanes) is 3. The van der Waals surface area contributed by atoms with E-state index in [9.17, 15) is 8.42 Å². The van der Waals surface area contributed by atoms with Gasteiger partial charge in [-0.05, 0) is 46.2 Å². The highest BCUT2D eigenvalue weighted by atomic mass is 32.2. The van der Waals surface area contributed by atoms with Gasteiger partial charge in [0.25, 0.3) is 0 Å². The molecule has 0 saturated heterocycles. The SMILES string of the molecule is CCCCCC[C@@H](CNS(=O)(=O)c1ccc(C)cc1)OC(C)(C)C. The van der Waals surface area contributed by atoms with E-state index in [-0.39, 0.29) is 11.7 Å². The van der Waals surface area contributed by atoms with Gasteiger partial charge in [0, 0.05) is 6.54 Å². The van der Waals surface area contributed by atoms with Gasteiger partial charge in [0.15, 0.2) is 0 Å². The van der Waals surface area contributed by atoms with Crippen LogP contribution in [0, 0.1) is 6.92 Å². The van der Waals surface area contributed by atoms with Gasteiger partial charge in [0.2, 0.25) is 10.0 Å². The Morgan fingerprint density at radius 3 is 2.25 bits per heavy atom. The van der Waals surface area contributed by atoms with E-state index < -0.39 is 10.0 Å². The molecule has 0 aliphatic carbocycles. The molecule has 0 amide bonds. The molecule has 0 fully saturated rings. The van der Waals surface area contributed by atoms with Gasteiger partial charge in [-0.3, -0.25) is 0 Å². The van der Waals surface area contributed by atoms with Gasteiger partial charge in [-0.15, -0.1) is 0 Å². The van der Waals surface area contributed by atoms with Gasteiger partial charge in [-0.1, -0.05) is 50.3 Å². The molecule has 1 atom stereocenters. The van der Waals surface area contributed by atoms with Crippen molar-refractivity contribution in [2.45, 2.75) is 83.3 Å². The van der Waals surface area contributed by atoms with Crippen molar-refractivity contribution in [2.24, 2.45) is 0 Å². The molecule has 1 N–H and O–H groups in total. The fraction of sp³-hybridized carbons (Fsp3) is 0.684. The van der Waals surface area contributed by atoms with E-state index in [0.717, 1.165) is 24.8 Å². The van der Waals surface area contributed by atoms with E-state index in [1.54, 1.807) is 12.1 Å². The third-order valence-electron chi connectivity index (χ3n) is 3.73. The number of nitrogens with one attached hydrogen (secondary N) is 1. The topological polar surface area (TPSA) is 55.4 Å². The van der Waals surface area contributed by atoms with Gasteiger partial charge in [0.05, 0.1) is 16.6 Å². The lowest BCUT2D eigenvalue weighted by Crippen LogP contribution is -2.38. The predicted molar refractivity (Wildman–Crippen MR) is 99.8 cm³/mol. The average Bonchev–Trinajstić information content (AvgIpc) is 2.48. The first-order valence-corrected chi connectivity index (χ1v) is 10.4. The number of rotatable bonds is 10. The molecule has 0 radical (unpaired) electrons. The number of benzene rings is 1. The monoisotopic (exact) mass is 355 g/mol. The Balaban J connectivity index is 2.66. The van der Waals surface area contributed by atoms with Gasteiger partial charge >= 0.3 is 0 Å². The van der Waals surface area contributed by atoms with Gasteiger partial charge < -0.3 is 4.74 Å². The maximum absolute atomic E-state index is 12.4. The van der Waals surface area contributed by atoms with Crippen molar-refractivity contribution in [3.63, 3.8) is 0 Å². The van der Waals surface area contributed by atoms with Crippen LogP contribution in [0.5, 0.6) is 0 Å². The molecule has 138 valence electrons. The Labute approximate surface area is 148 Å². The van der Waals surface area contributed by atoms with Gasteiger partial charge in [0.1, 0.15) is 0 Å². The van der Waals surface area contributed by atoms with Crippen molar-refractivity contribution in [3.05, 3.63) is 29.8 Å². The summed E-state index contributed by atoms with van der Waals surface area (Å²) >= 11 is 0. The predicted octanol–water partition coefficient (Wildman–Crippen LogP) is 4.43. The summed E-state index contributed by atoms with van der Waals surface area (Å²) in [5.74, 6) is 0. The van der Waals surface area contributed by atoms with E-state index in [0.29, 0.717) is 11.4 Å². The molecular formula is C19H33NO3S. The highest BCUT2D eigenvalue weighted by Crippen LogP contribution is 2.17. The van der Waals surface area contributed by atoms with Crippen LogP contribution in [0.4, 0.5) is 0 Å². The maximum atomic E-state index is 12.4. The molecule has 5 heteroatoms. The van der Waals surface area contributed by atoms with Crippen molar-refractivity contribution in [1.29, 1.82) is 0 Å². The Morgan fingerprint density at radius 1 is 1.08 bits per heavy atom. The zero-order valence-corrected chi connectivity index (χ0v) is 16.6. The van der Waals surface area contributed by atoms with E-state index >= 15 is 0 Å². The minimum Gasteiger partial charge on any atom is -0.371 e. The lowest BCUT2D eigenvalue weighted by molar-refractivity contribution is -0.0605. The molecule has 24 heavy (non-hydrogen) atoms. The summed E-state index contributed by atoms with van der Waals surface area (Å²) in [4.78, 5) is 0.300. The van der Waals surface area contributed by atoms with E-state index in [1.165, 1.54) is 12.8 Å². The van der Waals surface area contributed by atoms with Crippen LogP contribution in [0.1, 0.15) is 65.4 Å². The summed E-state index contributed by atoms with van der Waals surface area (Å²) in [7, 11) is -3.49. The third-order valence-corrected chi connectivity index (χ3v) is 5.17. The minimum atomic E-state index is -3.49. The number of aryl methyl sites for hydroxylation is 1. The van der Waals surface area contributed by atoms with Crippen molar-refractivity contribution < 1.29 is 13.2 Å². The minimum absolute atomic E-state index is 0.109. The summed E-state index contributed by atoms with van der Waals surface area (Å²) in [6, 6.07) is 6.89. The largest absolute Gasteiger partial charge is 0.371 e. The number of ether oxygens (including phenoxy) is 1. The van der Waals surface area contributed by atoms with Crippen LogP contribution in [0.2, 0.25) is 0 Å². The molecule has 4 nitrogen and oxygen atoms in total. The first-order chi connectivity index (χ1) is 11.1. The van der Waals surface area contributed by atoms with Crippen LogP contribution < -0.4 is 4.72 Å². The highest BCUT2D eigenvalue weighted by molar-refractivity contribution is 7.89. The van der Waals surface area contributed by atoms with Crippen molar-refractivity contribution in [2.75, 3.05) is 6.54 Å². The van der Waals surface area contributed by atoms with Crippen LogP contribution in [-0.4, -0.2) is 26.7 Å². The first-order valence-electron chi connectivity index (χ1n) is 8.88. The molecule has 1 aromatic rings. The number of hydrogen-bond acceptors (Lipinski definition) is 3. The smallest absolute Gasteiger partial charge is 0.240 e. The summed E-state index contributed by atoms with van der Waals surface area (Å²) in [5, 5.41) is 0. The van der Waals surface area contributed by atoms with Crippen LogP contribution in [0.3, 0.4) is 0 Å². The van der Waals surface area contributed by atoms with Crippen molar-refractivity contribution >= 4 is 10.0 Å². The second-order valence-electron chi connectivity index (χ2n) is 7.37. The molecule has 0 spiro atoms. The third kappa shape index (κ3) is 8.27. The molecule has 0 aliphatic heterocycles. The number of sulfonamides is 1. The molecule has 0 aliphatic rings. The summed E-state index contributed by atoms with van der Waals surface area (Å²) in [6.07, 6.45) is 5.36. The molecule has 0 bridgehead atoms.